The number of aromatic nitrogens is 4. The number of imidazole rings is 1. The number of benzene rings is 1. The van der Waals surface area contributed by atoms with Crippen molar-refractivity contribution < 1.29 is 4.79 Å². The van der Waals surface area contributed by atoms with E-state index in [1.165, 1.54) is 5.56 Å². The molecule has 1 aliphatic carbocycles. The van der Waals surface area contributed by atoms with Gasteiger partial charge in [0.05, 0.1) is 23.9 Å². The normalized spacial score (nSPS) is 19.6. The van der Waals surface area contributed by atoms with E-state index in [1.54, 1.807) is 24.8 Å². The summed E-state index contributed by atoms with van der Waals surface area (Å²) in [4.78, 5) is 25.3. The Balaban J connectivity index is 1.38. The molecule has 6 heteroatoms. The van der Waals surface area contributed by atoms with Gasteiger partial charge in [0, 0.05) is 19.3 Å². The second kappa shape index (κ2) is 7.70. The zero-order chi connectivity index (χ0) is 18.6. The summed E-state index contributed by atoms with van der Waals surface area (Å²) in [5.41, 5.74) is 2.95. The van der Waals surface area contributed by atoms with Gasteiger partial charge in [0.2, 0.25) is 5.82 Å². The Labute approximate surface area is 158 Å². The predicted octanol–water partition coefficient (Wildman–Crippen LogP) is 3.33. The number of hydrogen-bond donors (Lipinski definition) is 1. The maximum Gasteiger partial charge on any atom is 0.289 e. The van der Waals surface area contributed by atoms with E-state index in [0.29, 0.717) is 11.6 Å². The molecule has 0 saturated heterocycles. The summed E-state index contributed by atoms with van der Waals surface area (Å²) < 4.78 is 1.87. The molecule has 2 aromatic heterocycles. The lowest BCUT2D eigenvalue weighted by Gasteiger charge is -2.29. The number of nitrogens with one attached hydrogen (secondary N) is 1. The molecular weight excluding hydrogens is 338 g/mol. The fourth-order valence-electron chi connectivity index (χ4n) is 3.76. The van der Waals surface area contributed by atoms with Crippen LogP contribution in [0.4, 0.5) is 0 Å². The molecule has 27 heavy (non-hydrogen) atoms. The topological polar surface area (TPSA) is 72.7 Å². The molecule has 0 atom stereocenters. The van der Waals surface area contributed by atoms with Gasteiger partial charge in [-0.1, -0.05) is 30.3 Å². The number of carbonyl (C=O) groups is 1. The lowest BCUT2D eigenvalue weighted by atomic mass is 9.82. The maximum absolute atomic E-state index is 12.6. The van der Waals surface area contributed by atoms with Crippen LogP contribution in [0.3, 0.4) is 0 Å². The summed E-state index contributed by atoms with van der Waals surface area (Å²) in [7, 11) is 1.90. The van der Waals surface area contributed by atoms with Gasteiger partial charge in [-0.05, 0) is 43.2 Å². The zero-order valence-electron chi connectivity index (χ0n) is 15.4. The summed E-state index contributed by atoms with van der Waals surface area (Å²) in [5, 5.41) is 3.11. The van der Waals surface area contributed by atoms with Crippen LogP contribution >= 0.6 is 0 Å². The zero-order valence-corrected chi connectivity index (χ0v) is 15.4. The smallest absolute Gasteiger partial charge is 0.289 e. The van der Waals surface area contributed by atoms with E-state index >= 15 is 0 Å². The SMILES string of the molecule is Cn1cncc1-c1ccnc(C(=O)NC2CCC(c3ccccc3)CC2)n1. The molecule has 0 spiro atoms. The molecule has 3 aromatic rings. The predicted molar refractivity (Wildman–Crippen MR) is 103 cm³/mol. The Morgan fingerprint density at radius 3 is 2.59 bits per heavy atom. The van der Waals surface area contributed by atoms with E-state index in [4.69, 9.17) is 0 Å². The van der Waals surface area contributed by atoms with Gasteiger partial charge in [-0.25, -0.2) is 15.0 Å². The molecule has 0 radical (unpaired) electrons. The van der Waals surface area contributed by atoms with E-state index in [1.807, 2.05) is 11.6 Å². The molecule has 6 nitrogen and oxygen atoms in total. The summed E-state index contributed by atoms with van der Waals surface area (Å²) in [5.74, 6) is 0.588. The Kier molecular flexibility index (Phi) is 4.96. The minimum absolute atomic E-state index is 0.182. The van der Waals surface area contributed by atoms with Crippen molar-refractivity contribution in [1.82, 2.24) is 24.8 Å². The van der Waals surface area contributed by atoms with E-state index in [0.717, 1.165) is 31.4 Å². The monoisotopic (exact) mass is 361 g/mol. The van der Waals surface area contributed by atoms with E-state index in [9.17, 15) is 4.79 Å². The van der Waals surface area contributed by atoms with Crippen molar-refractivity contribution in [3.63, 3.8) is 0 Å². The van der Waals surface area contributed by atoms with E-state index in [-0.39, 0.29) is 17.8 Å². The first-order chi connectivity index (χ1) is 13.2. The Morgan fingerprint density at radius 1 is 1.11 bits per heavy atom. The average Bonchev–Trinajstić information content (AvgIpc) is 3.15. The third-order valence-electron chi connectivity index (χ3n) is 5.27. The molecule has 1 aromatic carbocycles. The Bertz CT molecular complexity index is 913. The van der Waals surface area contributed by atoms with Crippen LogP contribution in [-0.4, -0.2) is 31.5 Å². The van der Waals surface area contributed by atoms with Crippen LogP contribution in [0.2, 0.25) is 0 Å². The van der Waals surface area contributed by atoms with Gasteiger partial charge in [-0.3, -0.25) is 4.79 Å². The molecule has 1 fully saturated rings. The summed E-state index contributed by atoms with van der Waals surface area (Å²) in [6.45, 7) is 0. The van der Waals surface area contributed by atoms with Crippen LogP contribution in [0.15, 0.2) is 55.1 Å². The number of amides is 1. The van der Waals surface area contributed by atoms with E-state index < -0.39 is 0 Å². The third kappa shape index (κ3) is 3.89. The Hall–Kier alpha value is -3.02. The van der Waals surface area contributed by atoms with Gasteiger partial charge in [0.25, 0.3) is 5.91 Å². The number of hydrogen-bond acceptors (Lipinski definition) is 4. The summed E-state index contributed by atoms with van der Waals surface area (Å²) in [6, 6.07) is 12.6. The molecule has 2 heterocycles. The molecule has 0 bridgehead atoms. The number of carbonyl (C=O) groups excluding carboxylic acids is 1. The molecule has 4 rings (SSSR count). The minimum atomic E-state index is -0.206. The van der Waals surface area contributed by atoms with Crippen LogP contribution in [0.1, 0.15) is 47.8 Å². The van der Waals surface area contributed by atoms with Crippen molar-refractivity contribution in [3.8, 4) is 11.4 Å². The fourth-order valence-corrected chi connectivity index (χ4v) is 3.76. The fraction of sp³-hybridized carbons (Fsp3) is 0.333. The lowest BCUT2D eigenvalue weighted by Crippen LogP contribution is -2.38. The molecule has 0 unspecified atom stereocenters. The van der Waals surface area contributed by atoms with Crippen molar-refractivity contribution in [2.24, 2.45) is 7.05 Å². The molecule has 1 aliphatic rings. The lowest BCUT2D eigenvalue weighted by molar-refractivity contribution is 0.0915. The quantitative estimate of drug-likeness (QED) is 0.774. The van der Waals surface area contributed by atoms with Crippen LogP contribution in [0, 0.1) is 0 Å². The van der Waals surface area contributed by atoms with Crippen LogP contribution in [-0.2, 0) is 7.05 Å². The minimum Gasteiger partial charge on any atom is -0.347 e. The van der Waals surface area contributed by atoms with Crippen molar-refractivity contribution in [1.29, 1.82) is 0 Å². The van der Waals surface area contributed by atoms with Gasteiger partial charge in [-0.2, -0.15) is 0 Å². The summed E-state index contributed by atoms with van der Waals surface area (Å²) in [6.07, 6.45) is 9.20. The van der Waals surface area contributed by atoms with Crippen LogP contribution in [0.25, 0.3) is 11.4 Å². The number of aryl methyl sites for hydroxylation is 1. The van der Waals surface area contributed by atoms with Crippen molar-refractivity contribution in [3.05, 3.63) is 66.5 Å². The maximum atomic E-state index is 12.6. The third-order valence-corrected chi connectivity index (χ3v) is 5.27. The van der Waals surface area contributed by atoms with Gasteiger partial charge < -0.3 is 9.88 Å². The first-order valence-corrected chi connectivity index (χ1v) is 9.36. The molecule has 0 aliphatic heterocycles. The van der Waals surface area contributed by atoms with Crippen LogP contribution < -0.4 is 5.32 Å². The van der Waals surface area contributed by atoms with Gasteiger partial charge in [-0.15, -0.1) is 0 Å². The number of rotatable bonds is 4. The van der Waals surface area contributed by atoms with Crippen molar-refractivity contribution in [2.45, 2.75) is 37.6 Å². The second-order valence-corrected chi connectivity index (χ2v) is 7.09. The van der Waals surface area contributed by atoms with Crippen molar-refractivity contribution >= 4 is 5.91 Å². The van der Waals surface area contributed by atoms with Gasteiger partial charge >= 0.3 is 0 Å². The largest absolute Gasteiger partial charge is 0.347 e. The average molecular weight is 361 g/mol. The van der Waals surface area contributed by atoms with Crippen LogP contribution in [0.5, 0.6) is 0 Å². The van der Waals surface area contributed by atoms with E-state index in [2.05, 4.69) is 50.6 Å². The standard InChI is InChI=1S/C21H23N5O/c1-26-14-22-13-19(26)18-11-12-23-20(25-18)21(27)24-17-9-7-16(8-10-17)15-5-3-2-4-6-15/h2-6,11-14,16-17H,7-10H2,1H3,(H,24,27). The first-order valence-electron chi connectivity index (χ1n) is 9.36. The second-order valence-electron chi connectivity index (χ2n) is 7.09. The first kappa shape index (κ1) is 17.4. The molecule has 1 N–H and O–H groups in total. The van der Waals surface area contributed by atoms with Gasteiger partial charge in [0.15, 0.2) is 0 Å². The highest BCUT2D eigenvalue weighted by molar-refractivity contribution is 5.91. The number of nitrogens with zero attached hydrogens (tertiary/aromatic N) is 4. The molecular formula is C21H23N5O. The molecule has 1 saturated carbocycles. The van der Waals surface area contributed by atoms with Crippen molar-refractivity contribution in [2.75, 3.05) is 0 Å². The molecule has 138 valence electrons. The highest BCUT2D eigenvalue weighted by Crippen LogP contribution is 2.32. The van der Waals surface area contributed by atoms with Gasteiger partial charge in [0.1, 0.15) is 0 Å². The summed E-state index contributed by atoms with van der Waals surface area (Å²) >= 11 is 0. The molecule has 1 amide bonds. The highest BCUT2D eigenvalue weighted by atomic mass is 16.2. The highest BCUT2D eigenvalue weighted by Gasteiger charge is 2.24. The Morgan fingerprint density at radius 2 is 1.89 bits per heavy atom.